The molecular weight excluding hydrogens is 283 g/mol. The highest BCUT2D eigenvalue weighted by molar-refractivity contribution is 6.40. The average molecular weight is 299 g/mol. The lowest BCUT2D eigenvalue weighted by Gasteiger charge is -2.21. The number of aryl methyl sites for hydroxylation is 1. The molecule has 1 heterocycles. The third-order valence-corrected chi connectivity index (χ3v) is 4.53. The lowest BCUT2D eigenvalue weighted by atomic mass is 10.2. The number of anilines is 1. The maximum absolute atomic E-state index is 12.4. The van der Waals surface area contributed by atoms with Crippen molar-refractivity contribution in [3.8, 4) is 0 Å². The molecule has 3 rings (SSSR count). The van der Waals surface area contributed by atoms with Crippen molar-refractivity contribution in [2.24, 2.45) is 0 Å². The van der Waals surface area contributed by atoms with Crippen LogP contribution in [0.1, 0.15) is 24.8 Å². The monoisotopic (exact) mass is 298 g/mol. The molecule has 1 aromatic carbocycles. The molecule has 0 spiro atoms. The van der Waals surface area contributed by atoms with Gasteiger partial charge in [-0.25, -0.2) is 0 Å². The first-order chi connectivity index (χ1) is 9.08. The van der Waals surface area contributed by atoms with Crippen molar-refractivity contribution in [1.29, 1.82) is 0 Å². The quantitative estimate of drug-likeness (QED) is 0.930. The van der Waals surface area contributed by atoms with Crippen LogP contribution in [0, 0.1) is 6.92 Å². The Morgan fingerprint density at radius 2 is 2.00 bits per heavy atom. The molecule has 1 aromatic rings. The van der Waals surface area contributed by atoms with Crippen LogP contribution in [0.4, 0.5) is 5.69 Å². The standard InChI is InChI=1S/C14H16Cl2N2O/c1-8-2-5-10(15)13(12(8)16)18-7-6-11(14(18)19)17-9-3-4-9/h2,5,9,11,17H,3-4,6-7H2,1H3. The minimum atomic E-state index is -0.0832. The smallest absolute Gasteiger partial charge is 0.244 e. The summed E-state index contributed by atoms with van der Waals surface area (Å²) in [5.74, 6) is 0.0845. The van der Waals surface area contributed by atoms with Crippen molar-refractivity contribution in [1.82, 2.24) is 5.32 Å². The molecule has 0 aromatic heterocycles. The van der Waals surface area contributed by atoms with Gasteiger partial charge in [-0.05, 0) is 37.8 Å². The van der Waals surface area contributed by atoms with E-state index in [4.69, 9.17) is 23.2 Å². The maximum Gasteiger partial charge on any atom is 0.244 e. The van der Waals surface area contributed by atoms with Crippen LogP contribution in [-0.4, -0.2) is 24.5 Å². The van der Waals surface area contributed by atoms with E-state index in [1.54, 1.807) is 11.0 Å². The first-order valence-electron chi connectivity index (χ1n) is 6.60. The zero-order valence-electron chi connectivity index (χ0n) is 10.7. The molecule has 1 amide bonds. The summed E-state index contributed by atoms with van der Waals surface area (Å²) < 4.78 is 0. The number of benzene rings is 1. The summed E-state index contributed by atoms with van der Waals surface area (Å²) in [6.45, 7) is 2.59. The summed E-state index contributed by atoms with van der Waals surface area (Å²) in [7, 11) is 0. The number of rotatable bonds is 3. The molecule has 5 heteroatoms. The van der Waals surface area contributed by atoms with E-state index in [9.17, 15) is 4.79 Å². The lowest BCUT2D eigenvalue weighted by molar-refractivity contribution is -0.118. The topological polar surface area (TPSA) is 32.3 Å². The molecule has 3 nitrogen and oxygen atoms in total. The number of carbonyl (C=O) groups excluding carboxylic acids is 1. The average Bonchev–Trinajstić information content (AvgIpc) is 3.13. The Kier molecular flexibility index (Phi) is 3.46. The van der Waals surface area contributed by atoms with Gasteiger partial charge in [-0.15, -0.1) is 0 Å². The lowest BCUT2D eigenvalue weighted by Crippen LogP contribution is -2.39. The molecular formula is C14H16Cl2N2O. The SMILES string of the molecule is Cc1ccc(Cl)c(N2CCC(NC3CC3)C2=O)c1Cl. The Morgan fingerprint density at radius 1 is 1.26 bits per heavy atom. The number of hydrogen-bond donors (Lipinski definition) is 1. The first-order valence-corrected chi connectivity index (χ1v) is 7.35. The second-order valence-corrected chi connectivity index (χ2v) is 6.08. The van der Waals surface area contributed by atoms with E-state index < -0.39 is 0 Å². The van der Waals surface area contributed by atoms with E-state index in [1.165, 1.54) is 12.8 Å². The molecule has 1 aliphatic heterocycles. The summed E-state index contributed by atoms with van der Waals surface area (Å²) in [6.07, 6.45) is 3.17. The maximum atomic E-state index is 12.4. The number of amides is 1. The van der Waals surface area contributed by atoms with Gasteiger partial charge in [0.1, 0.15) is 0 Å². The van der Waals surface area contributed by atoms with Crippen molar-refractivity contribution >= 4 is 34.8 Å². The number of hydrogen-bond acceptors (Lipinski definition) is 2. The van der Waals surface area contributed by atoms with E-state index in [-0.39, 0.29) is 11.9 Å². The Morgan fingerprint density at radius 3 is 2.68 bits per heavy atom. The zero-order valence-corrected chi connectivity index (χ0v) is 12.3. The molecule has 2 aliphatic rings. The van der Waals surface area contributed by atoms with Crippen molar-refractivity contribution in [2.45, 2.75) is 38.3 Å². The molecule has 0 radical (unpaired) electrons. The van der Waals surface area contributed by atoms with Crippen molar-refractivity contribution in [3.05, 3.63) is 27.7 Å². The van der Waals surface area contributed by atoms with Gasteiger partial charge < -0.3 is 10.2 Å². The number of carbonyl (C=O) groups is 1. The van der Waals surface area contributed by atoms with E-state index in [0.29, 0.717) is 28.3 Å². The molecule has 1 atom stereocenters. The molecule has 1 saturated heterocycles. The van der Waals surface area contributed by atoms with Crippen molar-refractivity contribution in [3.63, 3.8) is 0 Å². The Labute approximate surface area is 122 Å². The van der Waals surface area contributed by atoms with E-state index in [2.05, 4.69) is 5.32 Å². The molecule has 1 aliphatic carbocycles. The molecule has 1 unspecified atom stereocenters. The van der Waals surface area contributed by atoms with Gasteiger partial charge in [0.25, 0.3) is 0 Å². The van der Waals surface area contributed by atoms with Crippen LogP contribution in [0.25, 0.3) is 0 Å². The van der Waals surface area contributed by atoms with Gasteiger partial charge in [-0.1, -0.05) is 29.3 Å². The molecule has 102 valence electrons. The Hall–Kier alpha value is -0.770. The van der Waals surface area contributed by atoms with Gasteiger partial charge in [0.15, 0.2) is 0 Å². The van der Waals surface area contributed by atoms with Gasteiger partial charge in [0.05, 0.1) is 21.8 Å². The molecule has 1 N–H and O–H groups in total. The fourth-order valence-electron chi connectivity index (χ4n) is 2.48. The number of halogens is 2. The van der Waals surface area contributed by atoms with Crippen LogP contribution in [0.2, 0.25) is 10.0 Å². The second kappa shape index (κ2) is 4.97. The van der Waals surface area contributed by atoms with E-state index in [0.717, 1.165) is 12.0 Å². The van der Waals surface area contributed by atoms with Crippen molar-refractivity contribution < 1.29 is 4.79 Å². The minimum absolute atomic E-state index is 0.0832. The van der Waals surface area contributed by atoms with Crippen LogP contribution >= 0.6 is 23.2 Å². The highest BCUT2D eigenvalue weighted by Crippen LogP contribution is 2.38. The zero-order chi connectivity index (χ0) is 13.6. The Bertz CT molecular complexity index is 528. The summed E-state index contributed by atoms with van der Waals surface area (Å²) >= 11 is 12.5. The highest BCUT2D eigenvalue weighted by atomic mass is 35.5. The molecule has 19 heavy (non-hydrogen) atoms. The molecule has 2 fully saturated rings. The van der Waals surface area contributed by atoms with Crippen LogP contribution < -0.4 is 10.2 Å². The summed E-state index contributed by atoms with van der Waals surface area (Å²) in [6, 6.07) is 4.11. The predicted octanol–water partition coefficient (Wildman–Crippen LogP) is 3.16. The van der Waals surface area contributed by atoms with Crippen LogP contribution in [0.3, 0.4) is 0 Å². The summed E-state index contributed by atoms with van der Waals surface area (Å²) in [5, 5.41) is 4.49. The predicted molar refractivity (Wildman–Crippen MR) is 78.1 cm³/mol. The van der Waals surface area contributed by atoms with Gasteiger partial charge in [0.2, 0.25) is 5.91 Å². The second-order valence-electron chi connectivity index (χ2n) is 5.30. The Balaban J connectivity index is 1.86. The minimum Gasteiger partial charge on any atom is -0.308 e. The van der Waals surface area contributed by atoms with E-state index >= 15 is 0 Å². The molecule has 0 bridgehead atoms. The van der Waals surface area contributed by atoms with Gasteiger partial charge in [-0.3, -0.25) is 4.79 Å². The fraction of sp³-hybridized carbons (Fsp3) is 0.500. The summed E-state index contributed by atoms with van der Waals surface area (Å²) in [4.78, 5) is 14.2. The van der Waals surface area contributed by atoms with E-state index in [1.807, 2.05) is 13.0 Å². The highest BCUT2D eigenvalue weighted by Gasteiger charge is 2.37. The fourth-order valence-corrected chi connectivity index (χ4v) is 3.06. The van der Waals surface area contributed by atoms with Crippen LogP contribution in [0.15, 0.2) is 12.1 Å². The third-order valence-electron chi connectivity index (χ3n) is 3.75. The van der Waals surface area contributed by atoms with Gasteiger partial charge >= 0.3 is 0 Å². The number of nitrogens with zero attached hydrogens (tertiary/aromatic N) is 1. The largest absolute Gasteiger partial charge is 0.308 e. The third kappa shape index (κ3) is 2.47. The molecule has 1 saturated carbocycles. The van der Waals surface area contributed by atoms with Crippen LogP contribution in [-0.2, 0) is 4.79 Å². The van der Waals surface area contributed by atoms with Gasteiger partial charge in [-0.2, -0.15) is 0 Å². The normalized spacial score (nSPS) is 23.2. The van der Waals surface area contributed by atoms with Crippen LogP contribution in [0.5, 0.6) is 0 Å². The van der Waals surface area contributed by atoms with Gasteiger partial charge in [0, 0.05) is 12.6 Å². The first kappa shape index (κ1) is 13.2. The number of nitrogens with one attached hydrogen (secondary N) is 1. The summed E-state index contributed by atoms with van der Waals surface area (Å²) in [5.41, 5.74) is 1.60. The van der Waals surface area contributed by atoms with Crippen molar-refractivity contribution in [2.75, 3.05) is 11.4 Å².